The molecule has 0 aromatic heterocycles. The van der Waals surface area contributed by atoms with Gasteiger partial charge in [-0.3, -0.25) is 4.79 Å². The Morgan fingerprint density at radius 3 is 1.44 bits per heavy atom. The van der Waals surface area contributed by atoms with Gasteiger partial charge in [-0.25, -0.2) is 0 Å². The van der Waals surface area contributed by atoms with Crippen molar-refractivity contribution in [3.63, 3.8) is 0 Å². The minimum atomic E-state index is -8.06. The Bertz CT molecular complexity index is 539. The zero-order valence-corrected chi connectivity index (χ0v) is 12.8. The van der Waals surface area contributed by atoms with Gasteiger partial charge >= 0.3 is 35.8 Å². The van der Waals surface area contributed by atoms with Gasteiger partial charge in [0.25, 0.3) is 5.91 Å². The Labute approximate surface area is 141 Å². The Hall–Kier alpha value is -1.48. The monoisotopic (exact) mass is 435 g/mol. The first-order chi connectivity index (χ1) is 11.7. The fourth-order valence-electron chi connectivity index (χ4n) is 1.46. The third kappa shape index (κ3) is 3.76. The summed E-state index contributed by atoms with van der Waals surface area (Å²) in [4.78, 5) is 11.0. The van der Waals surface area contributed by atoms with E-state index < -0.39 is 60.8 Å². The van der Waals surface area contributed by atoms with Crippen molar-refractivity contribution >= 4 is 5.91 Å². The summed E-state index contributed by atoms with van der Waals surface area (Å²) in [6.07, 6.45) is -7.97. The van der Waals surface area contributed by atoms with Crippen molar-refractivity contribution in [3.8, 4) is 0 Å². The van der Waals surface area contributed by atoms with Crippen LogP contribution in [-0.4, -0.2) is 59.5 Å². The Kier molecular flexibility index (Phi) is 6.77. The van der Waals surface area contributed by atoms with E-state index in [2.05, 4.69) is 0 Å². The molecule has 27 heavy (non-hydrogen) atoms. The predicted octanol–water partition coefficient (Wildman–Crippen LogP) is 3.61. The third-order valence-electron chi connectivity index (χ3n) is 3.27. The highest BCUT2D eigenvalue weighted by Gasteiger charge is 2.91. The number of hydrogen-bond acceptors (Lipinski definition) is 2. The van der Waals surface area contributed by atoms with Crippen molar-refractivity contribution in [2.24, 2.45) is 0 Å². The number of aliphatic hydroxyl groups excluding tert-OH is 1. The molecule has 1 atom stereocenters. The van der Waals surface area contributed by atoms with Gasteiger partial charge in [-0.1, -0.05) is 6.92 Å². The second kappa shape index (κ2) is 7.16. The van der Waals surface area contributed by atoms with Crippen LogP contribution in [0.25, 0.3) is 0 Å². The molecule has 0 aliphatic rings. The van der Waals surface area contributed by atoms with Crippen LogP contribution in [0.4, 0.5) is 57.1 Å². The van der Waals surface area contributed by atoms with E-state index in [1.165, 1.54) is 0 Å². The minimum absolute atomic E-state index is 0.456. The summed E-state index contributed by atoms with van der Waals surface area (Å²) in [6.45, 7) is -0.146. The quantitative estimate of drug-likeness (QED) is 0.573. The van der Waals surface area contributed by atoms with Crippen LogP contribution in [0.5, 0.6) is 0 Å². The average molecular weight is 435 g/mol. The molecule has 0 heterocycles. The van der Waals surface area contributed by atoms with Crippen LogP contribution in [0, 0.1) is 0 Å². The van der Waals surface area contributed by atoms with Crippen LogP contribution in [0.2, 0.25) is 0 Å². The zero-order valence-electron chi connectivity index (χ0n) is 12.8. The molecular formula is C11H10F13NO2. The summed E-state index contributed by atoms with van der Waals surface area (Å²) in [5, 5.41) is 9.44. The molecule has 3 nitrogen and oxygen atoms in total. The summed E-state index contributed by atoms with van der Waals surface area (Å²) in [5.41, 5.74) is 0. The summed E-state index contributed by atoms with van der Waals surface area (Å²) in [7, 11) is 0. The summed E-state index contributed by atoms with van der Waals surface area (Å²) in [5.74, 6) is -41.9. The molecule has 2 N–H and O–H groups in total. The predicted molar refractivity (Wildman–Crippen MR) is 60.1 cm³/mol. The van der Waals surface area contributed by atoms with E-state index in [1.807, 2.05) is 0 Å². The van der Waals surface area contributed by atoms with Crippen molar-refractivity contribution in [2.45, 2.75) is 55.2 Å². The maximum absolute atomic E-state index is 13.4. The molecule has 0 aliphatic heterocycles. The van der Waals surface area contributed by atoms with Crippen LogP contribution < -0.4 is 5.32 Å². The highest BCUT2D eigenvalue weighted by molar-refractivity contribution is 5.85. The van der Waals surface area contributed by atoms with Crippen molar-refractivity contribution in [3.05, 3.63) is 0 Å². The SMILES string of the molecule is CCC(CO)NC(=O)C(F)(F)C(F)(F)C(F)(F)C(F)(F)C(F)(F)C(F)(F)F. The summed E-state index contributed by atoms with van der Waals surface area (Å²) < 4.78 is 166. The van der Waals surface area contributed by atoms with E-state index in [9.17, 15) is 61.9 Å². The molecule has 0 aliphatic carbocycles. The highest BCUT2D eigenvalue weighted by atomic mass is 19.4. The van der Waals surface area contributed by atoms with Crippen LogP contribution in [0.3, 0.4) is 0 Å². The van der Waals surface area contributed by atoms with Gasteiger partial charge in [0.2, 0.25) is 0 Å². The van der Waals surface area contributed by atoms with Gasteiger partial charge in [0.05, 0.1) is 12.6 Å². The van der Waals surface area contributed by atoms with Crippen molar-refractivity contribution in [2.75, 3.05) is 6.61 Å². The van der Waals surface area contributed by atoms with Crippen LogP contribution in [0.15, 0.2) is 0 Å². The molecular weight excluding hydrogens is 425 g/mol. The molecule has 0 aromatic carbocycles. The van der Waals surface area contributed by atoms with Crippen molar-refractivity contribution < 1.29 is 67.0 Å². The lowest BCUT2D eigenvalue weighted by atomic mass is 9.93. The highest BCUT2D eigenvalue weighted by Crippen LogP contribution is 2.60. The van der Waals surface area contributed by atoms with E-state index >= 15 is 0 Å². The van der Waals surface area contributed by atoms with Crippen molar-refractivity contribution in [1.82, 2.24) is 5.32 Å². The van der Waals surface area contributed by atoms with E-state index in [1.54, 1.807) is 0 Å². The number of amides is 1. The van der Waals surface area contributed by atoms with E-state index in [0.717, 1.165) is 12.2 Å². The van der Waals surface area contributed by atoms with E-state index in [0.29, 0.717) is 0 Å². The average Bonchev–Trinajstić information content (AvgIpc) is 2.50. The maximum Gasteiger partial charge on any atom is 0.460 e. The molecule has 0 aromatic rings. The van der Waals surface area contributed by atoms with E-state index in [4.69, 9.17) is 5.11 Å². The van der Waals surface area contributed by atoms with E-state index in [-0.39, 0.29) is 0 Å². The summed E-state index contributed by atoms with van der Waals surface area (Å²) in [6, 6.07) is -1.76. The first kappa shape index (κ1) is 25.5. The van der Waals surface area contributed by atoms with Gasteiger partial charge in [-0.05, 0) is 6.42 Å². The van der Waals surface area contributed by atoms with Gasteiger partial charge in [-0.15, -0.1) is 0 Å². The molecule has 1 unspecified atom stereocenters. The number of halogens is 13. The van der Waals surface area contributed by atoms with Gasteiger partial charge in [0.15, 0.2) is 0 Å². The molecule has 0 saturated carbocycles. The topological polar surface area (TPSA) is 49.3 Å². The lowest BCUT2D eigenvalue weighted by Crippen LogP contribution is -2.72. The van der Waals surface area contributed by atoms with Gasteiger partial charge in [-0.2, -0.15) is 57.1 Å². The molecule has 0 fully saturated rings. The second-order valence-corrected chi connectivity index (χ2v) is 5.13. The number of carbonyl (C=O) groups excluding carboxylic acids is 1. The third-order valence-corrected chi connectivity index (χ3v) is 3.27. The molecule has 1 amide bonds. The second-order valence-electron chi connectivity index (χ2n) is 5.13. The number of rotatable bonds is 8. The number of nitrogens with one attached hydrogen (secondary N) is 1. The molecule has 0 rings (SSSR count). The molecule has 0 saturated heterocycles. The molecule has 0 spiro atoms. The maximum atomic E-state index is 13.4. The number of carbonyl (C=O) groups is 1. The van der Waals surface area contributed by atoms with Crippen LogP contribution in [-0.2, 0) is 4.79 Å². The number of hydrogen-bond donors (Lipinski definition) is 2. The fourth-order valence-corrected chi connectivity index (χ4v) is 1.46. The van der Waals surface area contributed by atoms with Crippen LogP contribution >= 0.6 is 0 Å². The van der Waals surface area contributed by atoms with Crippen LogP contribution in [0.1, 0.15) is 13.3 Å². The fraction of sp³-hybridized carbons (Fsp3) is 0.909. The first-order valence-electron chi connectivity index (χ1n) is 6.54. The number of alkyl halides is 13. The Balaban J connectivity index is 6.19. The van der Waals surface area contributed by atoms with Gasteiger partial charge in [0, 0.05) is 0 Å². The lowest BCUT2D eigenvalue weighted by Gasteiger charge is -2.39. The lowest BCUT2D eigenvalue weighted by molar-refractivity contribution is -0.436. The Morgan fingerprint density at radius 2 is 1.15 bits per heavy atom. The Morgan fingerprint density at radius 1 is 0.778 bits per heavy atom. The van der Waals surface area contributed by atoms with Crippen molar-refractivity contribution in [1.29, 1.82) is 0 Å². The molecule has 0 radical (unpaired) electrons. The molecule has 16 heteroatoms. The normalized spacial score (nSPS) is 16.3. The standard InChI is InChI=1S/C11H10F13NO2/c1-2-4(3-26)25-5(27)6(12,13)7(14,15)8(16,17)9(18,19)10(20,21)11(22,23)24/h4,26H,2-3H2,1H3,(H,25,27). The van der Waals surface area contributed by atoms with Gasteiger partial charge < -0.3 is 10.4 Å². The number of aliphatic hydroxyl groups is 1. The molecule has 0 bridgehead atoms. The first-order valence-corrected chi connectivity index (χ1v) is 6.54. The summed E-state index contributed by atoms with van der Waals surface area (Å²) >= 11 is 0. The van der Waals surface area contributed by atoms with Gasteiger partial charge in [0.1, 0.15) is 0 Å². The zero-order chi connectivity index (χ0) is 22.3. The minimum Gasteiger partial charge on any atom is -0.394 e. The molecule has 162 valence electrons. The smallest absolute Gasteiger partial charge is 0.394 e. The largest absolute Gasteiger partial charge is 0.460 e.